The fraction of sp³-hybridized carbons (Fsp3) is 0. The minimum atomic E-state index is 0.833. The van der Waals surface area contributed by atoms with Crippen LogP contribution >= 0.6 is 0 Å². The summed E-state index contributed by atoms with van der Waals surface area (Å²) in [5.41, 5.74) is 12.3. The Labute approximate surface area is 300 Å². The van der Waals surface area contributed by atoms with Gasteiger partial charge >= 0.3 is 0 Å². The van der Waals surface area contributed by atoms with E-state index in [1.54, 1.807) is 0 Å². The molecule has 0 fully saturated rings. The minimum Gasteiger partial charge on any atom is -0.453 e. The van der Waals surface area contributed by atoms with E-state index in [4.69, 9.17) is 4.74 Å². The average Bonchev–Trinajstić information content (AvgIpc) is 3.73. The number of benzene rings is 8. The molecule has 0 aliphatic carbocycles. The van der Waals surface area contributed by atoms with E-state index in [9.17, 15) is 0 Å². The number of anilines is 3. The molecule has 244 valence electrons. The van der Waals surface area contributed by atoms with Crippen LogP contribution in [-0.2, 0) is 0 Å². The van der Waals surface area contributed by atoms with E-state index in [2.05, 4.69) is 178 Å². The first-order chi connectivity index (χ1) is 25.8. The minimum absolute atomic E-state index is 0.833. The van der Waals surface area contributed by atoms with Gasteiger partial charge in [0, 0.05) is 38.4 Å². The van der Waals surface area contributed by atoms with Gasteiger partial charge < -0.3 is 18.8 Å². The van der Waals surface area contributed by atoms with Crippen LogP contribution in [0.5, 0.6) is 11.5 Å². The molecule has 0 saturated heterocycles. The fourth-order valence-corrected chi connectivity index (χ4v) is 8.32. The van der Waals surface area contributed by atoms with Gasteiger partial charge in [0.1, 0.15) is 0 Å². The van der Waals surface area contributed by atoms with Gasteiger partial charge in [0.15, 0.2) is 11.5 Å². The average molecular weight is 666 g/mol. The van der Waals surface area contributed by atoms with Gasteiger partial charge in [-0.3, -0.25) is 0 Å². The fourth-order valence-electron chi connectivity index (χ4n) is 8.32. The molecule has 1 aliphatic heterocycles. The Kier molecular flexibility index (Phi) is 6.22. The van der Waals surface area contributed by atoms with Crippen molar-refractivity contribution in [1.82, 2.24) is 9.13 Å². The Morgan fingerprint density at radius 1 is 0.308 bits per heavy atom. The van der Waals surface area contributed by atoms with Crippen LogP contribution in [0.15, 0.2) is 188 Å². The highest BCUT2D eigenvalue weighted by molar-refractivity contribution is 6.11. The standard InChI is InChI=1S/C48H31N3O/c1-6-20-39-33(15-1)34-16-2-7-21-40(34)50(39)43-24-10-5-19-37(43)38-31-32(49-45-25-11-13-27-47(45)52-48-28-14-12-26-46(48)49)29-30-44(38)51-41-22-8-3-17-35(41)36-18-4-9-23-42(36)51/h1-31H. The van der Waals surface area contributed by atoms with Gasteiger partial charge in [0.25, 0.3) is 0 Å². The molecule has 10 aromatic rings. The van der Waals surface area contributed by atoms with E-state index in [-0.39, 0.29) is 0 Å². The highest BCUT2D eigenvalue weighted by Crippen LogP contribution is 2.51. The third kappa shape index (κ3) is 4.15. The Bertz CT molecular complexity index is 2870. The predicted octanol–water partition coefficient (Wildman–Crippen LogP) is 13.1. The zero-order valence-corrected chi connectivity index (χ0v) is 28.1. The van der Waals surface area contributed by atoms with Crippen molar-refractivity contribution in [2.45, 2.75) is 0 Å². The van der Waals surface area contributed by atoms with E-state index in [0.717, 1.165) is 51.1 Å². The molecule has 52 heavy (non-hydrogen) atoms. The van der Waals surface area contributed by atoms with Crippen LogP contribution in [0, 0.1) is 0 Å². The summed E-state index contributed by atoms with van der Waals surface area (Å²) in [4.78, 5) is 2.33. The Hall–Kier alpha value is -7.04. The van der Waals surface area contributed by atoms with Crippen molar-refractivity contribution < 1.29 is 4.74 Å². The molecule has 0 spiro atoms. The van der Waals surface area contributed by atoms with Gasteiger partial charge in [0.05, 0.1) is 44.8 Å². The summed E-state index contributed by atoms with van der Waals surface area (Å²) in [5, 5.41) is 4.95. The normalized spacial score (nSPS) is 12.3. The molecule has 2 aromatic heterocycles. The molecule has 3 heterocycles. The van der Waals surface area contributed by atoms with Gasteiger partial charge in [-0.2, -0.15) is 0 Å². The number of hydrogen-bond acceptors (Lipinski definition) is 2. The van der Waals surface area contributed by atoms with Crippen molar-refractivity contribution in [2.24, 2.45) is 0 Å². The number of aromatic nitrogens is 2. The molecule has 0 N–H and O–H groups in total. The topological polar surface area (TPSA) is 22.3 Å². The number of para-hydroxylation sites is 9. The molecule has 4 nitrogen and oxygen atoms in total. The second kappa shape index (κ2) is 11.2. The van der Waals surface area contributed by atoms with Crippen LogP contribution in [0.2, 0.25) is 0 Å². The van der Waals surface area contributed by atoms with Crippen LogP contribution in [0.4, 0.5) is 17.1 Å². The van der Waals surface area contributed by atoms with Crippen molar-refractivity contribution >= 4 is 60.7 Å². The van der Waals surface area contributed by atoms with Crippen LogP contribution < -0.4 is 9.64 Å². The first-order valence-electron chi connectivity index (χ1n) is 17.7. The quantitative estimate of drug-likeness (QED) is 0.187. The number of rotatable bonds is 4. The van der Waals surface area contributed by atoms with Crippen LogP contribution in [0.1, 0.15) is 0 Å². The smallest absolute Gasteiger partial charge is 0.151 e. The van der Waals surface area contributed by atoms with Crippen molar-refractivity contribution in [2.75, 3.05) is 4.90 Å². The van der Waals surface area contributed by atoms with E-state index >= 15 is 0 Å². The lowest BCUT2D eigenvalue weighted by Crippen LogP contribution is -2.16. The zero-order chi connectivity index (χ0) is 34.2. The molecule has 8 aromatic carbocycles. The van der Waals surface area contributed by atoms with Crippen molar-refractivity contribution in [3.8, 4) is 34.0 Å². The summed E-state index contributed by atoms with van der Waals surface area (Å²) >= 11 is 0. The van der Waals surface area contributed by atoms with Crippen molar-refractivity contribution in [1.29, 1.82) is 0 Å². The lowest BCUT2D eigenvalue weighted by atomic mass is 9.99. The maximum Gasteiger partial charge on any atom is 0.151 e. The largest absolute Gasteiger partial charge is 0.453 e. The van der Waals surface area contributed by atoms with E-state index in [0.29, 0.717) is 0 Å². The Morgan fingerprint density at radius 3 is 1.19 bits per heavy atom. The first kappa shape index (κ1) is 28.8. The number of nitrogens with zero attached hydrogens (tertiary/aromatic N) is 3. The third-order valence-corrected chi connectivity index (χ3v) is 10.5. The van der Waals surface area contributed by atoms with Gasteiger partial charge in [-0.15, -0.1) is 0 Å². The second-order valence-electron chi connectivity index (χ2n) is 13.3. The summed E-state index contributed by atoms with van der Waals surface area (Å²) < 4.78 is 11.3. The van der Waals surface area contributed by atoms with Crippen LogP contribution in [0.25, 0.3) is 66.1 Å². The first-order valence-corrected chi connectivity index (χ1v) is 17.7. The molecule has 0 radical (unpaired) electrons. The third-order valence-electron chi connectivity index (χ3n) is 10.5. The molecule has 4 heteroatoms. The predicted molar refractivity (Wildman–Crippen MR) is 215 cm³/mol. The lowest BCUT2D eigenvalue weighted by Gasteiger charge is -2.33. The summed E-state index contributed by atoms with van der Waals surface area (Å²) in [6, 6.07) is 67.3. The van der Waals surface area contributed by atoms with Crippen molar-refractivity contribution in [3.63, 3.8) is 0 Å². The zero-order valence-electron chi connectivity index (χ0n) is 28.1. The van der Waals surface area contributed by atoms with E-state index in [1.807, 2.05) is 24.3 Å². The van der Waals surface area contributed by atoms with E-state index in [1.165, 1.54) is 43.6 Å². The SMILES string of the molecule is c1ccc2c(c1)Oc1ccccc1N2c1ccc(-n2c3ccccc3c3ccccc32)c(-c2ccccc2-n2c3ccccc3c3ccccc32)c1. The summed E-state index contributed by atoms with van der Waals surface area (Å²) in [7, 11) is 0. The highest BCUT2D eigenvalue weighted by Gasteiger charge is 2.27. The van der Waals surface area contributed by atoms with E-state index < -0.39 is 0 Å². The van der Waals surface area contributed by atoms with Crippen LogP contribution in [0.3, 0.4) is 0 Å². The molecule has 0 saturated carbocycles. The summed E-state index contributed by atoms with van der Waals surface area (Å²) in [6.45, 7) is 0. The molecule has 1 aliphatic rings. The molecule has 0 bridgehead atoms. The highest BCUT2D eigenvalue weighted by atomic mass is 16.5. The Morgan fingerprint density at radius 2 is 0.692 bits per heavy atom. The number of fused-ring (bicyclic) bond motifs is 8. The van der Waals surface area contributed by atoms with Gasteiger partial charge in [-0.25, -0.2) is 0 Å². The van der Waals surface area contributed by atoms with Gasteiger partial charge in [-0.05, 0) is 72.8 Å². The van der Waals surface area contributed by atoms with Crippen LogP contribution in [-0.4, -0.2) is 9.13 Å². The molecule has 0 unspecified atom stereocenters. The Balaban J connectivity index is 1.25. The van der Waals surface area contributed by atoms with Gasteiger partial charge in [-0.1, -0.05) is 115 Å². The number of hydrogen-bond donors (Lipinski definition) is 0. The molecule has 0 amide bonds. The monoisotopic (exact) mass is 665 g/mol. The molecular formula is C48H31N3O. The second-order valence-corrected chi connectivity index (χ2v) is 13.3. The van der Waals surface area contributed by atoms with Gasteiger partial charge in [0.2, 0.25) is 0 Å². The molecule has 0 atom stereocenters. The number of ether oxygens (including phenoxy) is 1. The molecular weight excluding hydrogens is 635 g/mol. The maximum absolute atomic E-state index is 6.42. The molecule has 11 rings (SSSR count). The lowest BCUT2D eigenvalue weighted by molar-refractivity contribution is 0.477. The van der Waals surface area contributed by atoms with Crippen molar-refractivity contribution in [3.05, 3.63) is 188 Å². The summed E-state index contributed by atoms with van der Waals surface area (Å²) in [6.07, 6.45) is 0. The summed E-state index contributed by atoms with van der Waals surface area (Å²) in [5.74, 6) is 1.67. The maximum atomic E-state index is 6.42.